The van der Waals surface area contributed by atoms with Crippen LogP contribution in [0.5, 0.6) is 0 Å². The van der Waals surface area contributed by atoms with Crippen LogP contribution in [0.4, 0.5) is 0 Å². The van der Waals surface area contributed by atoms with E-state index in [1.165, 1.54) is 5.56 Å². The van der Waals surface area contributed by atoms with E-state index in [0.29, 0.717) is 13.0 Å². The molecule has 7 nitrogen and oxygen atoms in total. The molecule has 0 spiro atoms. The summed E-state index contributed by atoms with van der Waals surface area (Å²) >= 11 is 1.69. The third kappa shape index (κ3) is 6.91. The Labute approximate surface area is 205 Å². The van der Waals surface area contributed by atoms with Crippen molar-refractivity contribution in [2.24, 2.45) is 0 Å². The van der Waals surface area contributed by atoms with Gasteiger partial charge in [-0.1, -0.05) is 59.8 Å². The van der Waals surface area contributed by atoms with Crippen LogP contribution in [0.3, 0.4) is 0 Å². The molecule has 0 aliphatic carbocycles. The molecule has 4 rings (SSSR count). The lowest BCUT2D eigenvalue weighted by Crippen LogP contribution is -2.41. The second kappa shape index (κ2) is 12.7. The first kappa shape index (κ1) is 24.4. The predicted molar refractivity (Wildman–Crippen MR) is 136 cm³/mol. The Hall–Kier alpha value is -2.68. The van der Waals surface area contributed by atoms with Crippen molar-refractivity contribution in [2.75, 3.05) is 45.1 Å². The number of rotatable bonds is 11. The zero-order valence-electron chi connectivity index (χ0n) is 19.8. The van der Waals surface area contributed by atoms with Gasteiger partial charge in [-0.2, -0.15) is 0 Å². The summed E-state index contributed by atoms with van der Waals surface area (Å²) in [4.78, 5) is 14.5. The number of carbonyl (C=O) groups excluding carboxylic acids is 1. The minimum absolute atomic E-state index is 0.132. The Morgan fingerprint density at radius 1 is 1.03 bits per heavy atom. The highest BCUT2D eigenvalue weighted by Crippen LogP contribution is 2.28. The maximum Gasteiger partial charge on any atom is 0.220 e. The van der Waals surface area contributed by atoms with Crippen molar-refractivity contribution < 1.29 is 9.53 Å². The molecular formula is C26H33N5O2S. The van der Waals surface area contributed by atoms with E-state index in [2.05, 4.69) is 68.3 Å². The summed E-state index contributed by atoms with van der Waals surface area (Å²) in [6.45, 7) is 7.16. The number of nitrogens with zero attached hydrogens (tertiary/aromatic N) is 4. The van der Waals surface area contributed by atoms with Gasteiger partial charge < -0.3 is 10.1 Å². The van der Waals surface area contributed by atoms with Gasteiger partial charge in [-0.3, -0.25) is 14.3 Å². The summed E-state index contributed by atoms with van der Waals surface area (Å²) < 4.78 is 7.48. The lowest BCUT2D eigenvalue weighted by Gasteiger charge is -2.26. The number of benzene rings is 2. The van der Waals surface area contributed by atoms with Crippen molar-refractivity contribution in [3.8, 4) is 17.1 Å². The highest BCUT2D eigenvalue weighted by Gasteiger charge is 2.16. The van der Waals surface area contributed by atoms with E-state index in [4.69, 9.17) is 4.74 Å². The summed E-state index contributed by atoms with van der Waals surface area (Å²) in [6, 6.07) is 18.6. The molecule has 3 aromatic rings. The predicted octanol–water partition coefficient (Wildman–Crippen LogP) is 3.95. The van der Waals surface area contributed by atoms with Gasteiger partial charge >= 0.3 is 0 Å². The van der Waals surface area contributed by atoms with E-state index in [-0.39, 0.29) is 5.91 Å². The van der Waals surface area contributed by atoms with Crippen LogP contribution in [0.15, 0.2) is 59.8 Å². The smallest absolute Gasteiger partial charge is 0.220 e. The Kier molecular flexibility index (Phi) is 9.12. The monoisotopic (exact) mass is 479 g/mol. The van der Waals surface area contributed by atoms with Crippen LogP contribution in [0.1, 0.15) is 24.8 Å². The second-order valence-electron chi connectivity index (χ2n) is 8.45. The number of hydrogen-bond donors (Lipinski definition) is 1. The molecule has 8 heteroatoms. The fraction of sp³-hybridized carbons (Fsp3) is 0.423. The zero-order chi connectivity index (χ0) is 23.6. The molecule has 0 radical (unpaired) electrons. The van der Waals surface area contributed by atoms with Gasteiger partial charge in [-0.05, 0) is 31.9 Å². The number of hydrogen-bond acceptors (Lipinski definition) is 6. The highest BCUT2D eigenvalue weighted by atomic mass is 32.2. The summed E-state index contributed by atoms with van der Waals surface area (Å²) in [5.41, 5.74) is 3.31. The lowest BCUT2D eigenvalue weighted by molar-refractivity contribution is -0.121. The summed E-state index contributed by atoms with van der Waals surface area (Å²) in [5.74, 6) is 1.86. The standard InChI is InChI=1S/C26H33N5O2S/c1-21-10-12-23(13-11-21)31-25(22-7-3-2-4-8-22)28-29-26(31)34-20-6-5-9-24(32)27-14-15-30-16-18-33-19-17-30/h2-4,7-8,10-13H,5-6,9,14-20H2,1H3,(H,27,32). The molecule has 2 aromatic carbocycles. The number of unbranched alkanes of at least 4 members (excludes halogenated alkanes) is 1. The molecule has 0 saturated carbocycles. The first-order valence-electron chi connectivity index (χ1n) is 12.0. The Morgan fingerprint density at radius 3 is 2.56 bits per heavy atom. The van der Waals surface area contributed by atoms with Gasteiger partial charge in [-0.25, -0.2) is 0 Å². The molecule has 0 unspecified atom stereocenters. The number of aromatic nitrogens is 3. The topological polar surface area (TPSA) is 72.3 Å². The Morgan fingerprint density at radius 2 is 1.79 bits per heavy atom. The van der Waals surface area contributed by atoms with Crippen LogP contribution in [0.2, 0.25) is 0 Å². The van der Waals surface area contributed by atoms with E-state index in [1.54, 1.807) is 11.8 Å². The lowest BCUT2D eigenvalue weighted by atomic mass is 10.2. The normalized spacial score (nSPS) is 14.3. The second-order valence-corrected chi connectivity index (χ2v) is 9.51. The van der Waals surface area contributed by atoms with Gasteiger partial charge in [0.2, 0.25) is 5.91 Å². The van der Waals surface area contributed by atoms with E-state index >= 15 is 0 Å². The van der Waals surface area contributed by atoms with Crippen LogP contribution < -0.4 is 5.32 Å². The number of aryl methyl sites for hydroxylation is 1. The average Bonchev–Trinajstić information content (AvgIpc) is 3.29. The zero-order valence-corrected chi connectivity index (χ0v) is 20.6. The Bertz CT molecular complexity index is 1030. The molecule has 1 saturated heterocycles. The third-order valence-electron chi connectivity index (χ3n) is 5.84. The van der Waals surface area contributed by atoms with Crippen LogP contribution >= 0.6 is 11.8 Å². The van der Waals surface area contributed by atoms with Crippen molar-refractivity contribution in [1.29, 1.82) is 0 Å². The molecule has 1 aliphatic heterocycles. The van der Waals surface area contributed by atoms with E-state index < -0.39 is 0 Å². The third-order valence-corrected chi connectivity index (χ3v) is 6.86. The molecule has 1 N–H and O–H groups in total. The van der Waals surface area contributed by atoms with Crippen molar-refractivity contribution >= 4 is 17.7 Å². The number of amides is 1. The Balaban J connectivity index is 1.27. The highest BCUT2D eigenvalue weighted by molar-refractivity contribution is 7.99. The molecule has 0 bridgehead atoms. The van der Waals surface area contributed by atoms with Crippen LogP contribution in [-0.4, -0.2) is 70.7 Å². The van der Waals surface area contributed by atoms with E-state index in [0.717, 1.165) is 73.7 Å². The maximum atomic E-state index is 12.2. The largest absolute Gasteiger partial charge is 0.379 e. The SMILES string of the molecule is Cc1ccc(-n2c(SCCCCC(=O)NCCN3CCOCC3)nnc2-c2ccccc2)cc1. The number of thioether (sulfide) groups is 1. The summed E-state index contributed by atoms with van der Waals surface area (Å²) in [5, 5.41) is 12.9. The summed E-state index contributed by atoms with van der Waals surface area (Å²) in [6.07, 6.45) is 2.37. The van der Waals surface area contributed by atoms with Gasteiger partial charge in [0.05, 0.1) is 13.2 Å². The molecule has 1 amide bonds. The first-order chi connectivity index (χ1) is 16.7. The van der Waals surface area contributed by atoms with Crippen molar-refractivity contribution in [3.05, 3.63) is 60.2 Å². The molecule has 2 heterocycles. The van der Waals surface area contributed by atoms with E-state index in [1.807, 2.05) is 18.2 Å². The van der Waals surface area contributed by atoms with Gasteiger partial charge in [-0.15, -0.1) is 10.2 Å². The maximum absolute atomic E-state index is 12.2. The number of nitrogens with one attached hydrogen (secondary N) is 1. The van der Waals surface area contributed by atoms with Crippen molar-refractivity contribution in [3.63, 3.8) is 0 Å². The average molecular weight is 480 g/mol. The minimum Gasteiger partial charge on any atom is -0.379 e. The number of carbonyl (C=O) groups is 1. The van der Waals surface area contributed by atoms with E-state index in [9.17, 15) is 4.79 Å². The molecular weight excluding hydrogens is 446 g/mol. The summed E-state index contributed by atoms with van der Waals surface area (Å²) in [7, 11) is 0. The fourth-order valence-corrected chi connectivity index (χ4v) is 4.83. The number of ether oxygens (including phenoxy) is 1. The quantitative estimate of drug-likeness (QED) is 0.332. The van der Waals surface area contributed by atoms with Crippen LogP contribution in [0, 0.1) is 6.92 Å². The van der Waals surface area contributed by atoms with Crippen LogP contribution in [-0.2, 0) is 9.53 Å². The van der Waals surface area contributed by atoms with Gasteiger partial charge in [0.1, 0.15) is 0 Å². The molecule has 1 aromatic heterocycles. The molecule has 1 fully saturated rings. The fourth-order valence-electron chi connectivity index (χ4n) is 3.88. The number of morpholine rings is 1. The molecule has 1 aliphatic rings. The van der Waals surface area contributed by atoms with Crippen LogP contribution in [0.25, 0.3) is 17.1 Å². The van der Waals surface area contributed by atoms with Gasteiger partial charge in [0, 0.05) is 49.6 Å². The molecule has 180 valence electrons. The van der Waals surface area contributed by atoms with Gasteiger partial charge in [0.25, 0.3) is 0 Å². The van der Waals surface area contributed by atoms with Gasteiger partial charge in [0.15, 0.2) is 11.0 Å². The van der Waals surface area contributed by atoms with Crippen molar-refractivity contribution in [1.82, 2.24) is 25.0 Å². The molecule has 0 atom stereocenters. The minimum atomic E-state index is 0.132. The van der Waals surface area contributed by atoms with Crippen molar-refractivity contribution in [2.45, 2.75) is 31.3 Å². The first-order valence-corrected chi connectivity index (χ1v) is 13.0. The molecule has 34 heavy (non-hydrogen) atoms.